The van der Waals surface area contributed by atoms with Crippen molar-refractivity contribution in [1.82, 2.24) is 5.32 Å². The molecule has 0 amide bonds. The van der Waals surface area contributed by atoms with Gasteiger partial charge in [-0.3, -0.25) is 0 Å². The van der Waals surface area contributed by atoms with Crippen LogP contribution in [0.15, 0.2) is 18.2 Å². The fourth-order valence-corrected chi connectivity index (χ4v) is 3.60. The zero-order valence-corrected chi connectivity index (χ0v) is 11.5. The van der Waals surface area contributed by atoms with Gasteiger partial charge >= 0.3 is 0 Å². The van der Waals surface area contributed by atoms with Crippen LogP contribution in [0.5, 0.6) is 0 Å². The van der Waals surface area contributed by atoms with Crippen molar-refractivity contribution in [3.63, 3.8) is 0 Å². The fraction of sp³-hybridized carbons (Fsp3) is 0.500. The molecule has 16 heavy (non-hydrogen) atoms. The molecule has 0 spiro atoms. The summed E-state index contributed by atoms with van der Waals surface area (Å²) >= 11 is 14.2. The minimum absolute atomic E-state index is 0.259. The first-order chi connectivity index (χ1) is 7.68. The topological polar surface area (TPSA) is 12.0 Å². The Morgan fingerprint density at radius 2 is 2.25 bits per heavy atom. The Hall–Kier alpha value is 0.110. The van der Waals surface area contributed by atoms with Crippen LogP contribution in [0.2, 0.25) is 10.0 Å². The third-order valence-electron chi connectivity index (χ3n) is 2.86. The average molecular weight is 276 g/mol. The molecule has 0 radical (unpaired) electrons. The van der Waals surface area contributed by atoms with Crippen LogP contribution in [-0.4, -0.2) is 17.5 Å². The normalized spacial score (nSPS) is 22.3. The second kappa shape index (κ2) is 5.63. The molecule has 1 heterocycles. The molecule has 1 N–H and O–H groups in total. The van der Waals surface area contributed by atoms with Gasteiger partial charge in [-0.05, 0) is 30.7 Å². The summed E-state index contributed by atoms with van der Waals surface area (Å²) in [6, 6.07) is 6.68. The Kier molecular flexibility index (Phi) is 4.42. The highest BCUT2D eigenvalue weighted by Crippen LogP contribution is 2.30. The van der Waals surface area contributed by atoms with Crippen molar-refractivity contribution in [3.05, 3.63) is 33.8 Å². The number of thioether (sulfide) groups is 1. The van der Waals surface area contributed by atoms with E-state index >= 15 is 0 Å². The molecule has 0 aliphatic carbocycles. The van der Waals surface area contributed by atoms with E-state index in [9.17, 15) is 0 Å². The molecule has 1 aliphatic rings. The third kappa shape index (κ3) is 2.86. The van der Waals surface area contributed by atoms with E-state index in [2.05, 4.69) is 12.2 Å². The molecule has 1 nitrogen and oxygen atoms in total. The fourth-order valence-electron chi connectivity index (χ4n) is 1.96. The summed E-state index contributed by atoms with van der Waals surface area (Å²) in [6.07, 6.45) is 1.24. The van der Waals surface area contributed by atoms with Crippen LogP contribution in [-0.2, 0) is 0 Å². The molecule has 0 aromatic heterocycles. The van der Waals surface area contributed by atoms with E-state index in [0.717, 1.165) is 5.56 Å². The van der Waals surface area contributed by atoms with Crippen molar-refractivity contribution in [2.45, 2.75) is 25.4 Å². The predicted octanol–water partition coefficient (Wildman–Crippen LogP) is 4.15. The standard InChI is InChI=1S/C12H15Cl2NS/c1-8(15-9-5-6-16-7-9)10-3-2-4-11(13)12(10)14/h2-4,8-9,15H,5-7H2,1H3. The predicted molar refractivity (Wildman–Crippen MR) is 73.7 cm³/mol. The van der Waals surface area contributed by atoms with Crippen molar-refractivity contribution in [1.29, 1.82) is 0 Å². The second-order valence-electron chi connectivity index (χ2n) is 4.09. The lowest BCUT2D eigenvalue weighted by Gasteiger charge is -2.20. The van der Waals surface area contributed by atoms with Gasteiger partial charge in [0.1, 0.15) is 0 Å². The van der Waals surface area contributed by atoms with Crippen LogP contribution in [0, 0.1) is 0 Å². The van der Waals surface area contributed by atoms with E-state index in [1.54, 1.807) is 0 Å². The molecule has 2 unspecified atom stereocenters. The van der Waals surface area contributed by atoms with Crippen LogP contribution in [0.3, 0.4) is 0 Å². The summed E-state index contributed by atoms with van der Waals surface area (Å²) in [5.74, 6) is 2.45. The van der Waals surface area contributed by atoms with Gasteiger partial charge in [0.05, 0.1) is 10.0 Å². The molecule has 1 aromatic rings. The van der Waals surface area contributed by atoms with Gasteiger partial charge in [0.2, 0.25) is 0 Å². The van der Waals surface area contributed by atoms with E-state index < -0.39 is 0 Å². The zero-order valence-electron chi connectivity index (χ0n) is 9.17. The Morgan fingerprint density at radius 1 is 1.44 bits per heavy atom. The monoisotopic (exact) mass is 275 g/mol. The molecule has 0 saturated carbocycles. The first-order valence-electron chi connectivity index (χ1n) is 5.46. The lowest BCUT2D eigenvalue weighted by molar-refractivity contribution is 0.486. The van der Waals surface area contributed by atoms with Gasteiger partial charge in [0.25, 0.3) is 0 Å². The van der Waals surface area contributed by atoms with Crippen LogP contribution in [0.4, 0.5) is 0 Å². The Morgan fingerprint density at radius 3 is 2.94 bits per heavy atom. The molecule has 1 saturated heterocycles. The van der Waals surface area contributed by atoms with Crippen molar-refractivity contribution >= 4 is 35.0 Å². The summed E-state index contributed by atoms with van der Waals surface area (Å²) in [5.41, 5.74) is 1.09. The van der Waals surface area contributed by atoms with Gasteiger partial charge in [0, 0.05) is 17.8 Å². The summed E-state index contributed by atoms with van der Waals surface area (Å²) in [5, 5.41) is 4.91. The SMILES string of the molecule is CC(NC1CCSC1)c1cccc(Cl)c1Cl. The third-order valence-corrected chi connectivity index (χ3v) is 4.86. The van der Waals surface area contributed by atoms with Gasteiger partial charge in [-0.2, -0.15) is 11.8 Å². The lowest BCUT2D eigenvalue weighted by atomic mass is 10.1. The summed E-state index contributed by atoms with van der Waals surface area (Å²) in [7, 11) is 0. The highest BCUT2D eigenvalue weighted by atomic mass is 35.5. The van der Waals surface area contributed by atoms with E-state index in [0.29, 0.717) is 16.1 Å². The van der Waals surface area contributed by atoms with Gasteiger partial charge in [-0.15, -0.1) is 0 Å². The Balaban J connectivity index is 2.07. The number of nitrogens with one attached hydrogen (secondary N) is 1. The lowest BCUT2D eigenvalue weighted by Crippen LogP contribution is -2.31. The molecule has 2 atom stereocenters. The zero-order chi connectivity index (χ0) is 11.5. The van der Waals surface area contributed by atoms with E-state index in [1.807, 2.05) is 30.0 Å². The first-order valence-corrected chi connectivity index (χ1v) is 7.37. The molecular formula is C12H15Cl2NS. The Bertz CT molecular complexity index is 364. The van der Waals surface area contributed by atoms with Crippen molar-refractivity contribution in [2.24, 2.45) is 0 Å². The van der Waals surface area contributed by atoms with Crippen molar-refractivity contribution in [3.8, 4) is 0 Å². The second-order valence-corrected chi connectivity index (χ2v) is 6.03. The van der Waals surface area contributed by atoms with Crippen molar-refractivity contribution < 1.29 is 0 Å². The molecule has 1 fully saturated rings. The quantitative estimate of drug-likeness (QED) is 0.890. The number of hydrogen-bond donors (Lipinski definition) is 1. The average Bonchev–Trinajstić information content (AvgIpc) is 2.74. The number of rotatable bonds is 3. The molecule has 1 aliphatic heterocycles. The van der Waals surface area contributed by atoms with Crippen LogP contribution < -0.4 is 5.32 Å². The van der Waals surface area contributed by atoms with E-state index in [4.69, 9.17) is 23.2 Å². The summed E-state index contributed by atoms with van der Waals surface area (Å²) in [4.78, 5) is 0. The van der Waals surface area contributed by atoms with Gasteiger partial charge in [0.15, 0.2) is 0 Å². The number of halogens is 2. The molecule has 1 aromatic carbocycles. The van der Waals surface area contributed by atoms with Crippen LogP contribution in [0.25, 0.3) is 0 Å². The van der Waals surface area contributed by atoms with E-state index in [-0.39, 0.29) is 6.04 Å². The molecular weight excluding hydrogens is 261 g/mol. The highest BCUT2D eigenvalue weighted by Gasteiger charge is 2.19. The number of hydrogen-bond acceptors (Lipinski definition) is 2. The molecule has 2 rings (SSSR count). The van der Waals surface area contributed by atoms with Gasteiger partial charge < -0.3 is 5.32 Å². The maximum absolute atomic E-state index is 6.20. The van der Waals surface area contributed by atoms with Crippen molar-refractivity contribution in [2.75, 3.05) is 11.5 Å². The molecule has 88 valence electrons. The minimum Gasteiger partial charge on any atom is -0.307 e. The Labute approximate surface area is 111 Å². The summed E-state index contributed by atoms with van der Waals surface area (Å²) in [6.45, 7) is 2.14. The summed E-state index contributed by atoms with van der Waals surface area (Å²) < 4.78 is 0. The van der Waals surface area contributed by atoms with Crippen LogP contribution in [0.1, 0.15) is 24.9 Å². The molecule has 0 bridgehead atoms. The highest BCUT2D eigenvalue weighted by molar-refractivity contribution is 7.99. The smallest absolute Gasteiger partial charge is 0.0639 e. The minimum atomic E-state index is 0.259. The molecule has 4 heteroatoms. The maximum Gasteiger partial charge on any atom is 0.0639 e. The van der Waals surface area contributed by atoms with Gasteiger partial charge in [-0.25, -0.2) is 0 Å². The van der Waals surface area contributed by atoms with Crippen LogP contribution >= 0.6 is 35.0 Å². The largest absolute Gasteiger partial charge is 0.307 e. The van der Waals surface area contributed by atoms with E-state index in [1.165, 1.54) is 17.9 Å². The first kappa shape index (κ1) is 12.6. The number of benzene rings is 1. The van der Waals surface area contributed by atoms with Gasteiger partial charge in [-0.1, -0.05) is 35.3 Å². The maximum atomic E-state index is 6.20.